The lowest BCUT2D eigenvalue weighted by Gasteiger charge is -1.87. The third-order valence-corrected chi connectivity index (χ3v) is 1.19. The zero-order valence-electron chi connectivity index (χ0n) is 4.92. The molecule has 0 aromatic heterocycles. The van der Waals surface area contributed by atoms with Crippen molar-refractivity contribution in [1.29, 1.82) is 0 Å². The highest BCUT2D eigenvalue weighted by Crippen LogP contribution is 2.13. The van der Waals surface area contributed by atoms with Gasteiger partial charge in [-0.1, -0.05) is 6.58 Å². The average molecular weight is 127 g/mol. The van der Waals surface area contributed by atoms with Crippen molar-refractivity contribution in [3.63, 3.8) is 0 Å². The first kappa shape index (κ1) is 7.50. The van der Waals surface area contributed by atoms with Crippen LogP contribution in [0.15, 0.2) is 28.1 Å². The number of rotatable bonds is 3. The summed E-state index contributed by atoms with van der Waals surface area (Å²) in [5.41, 5.74) is 0. The van der Waals surface area contributed by atoms with E-state index in [-0.39, 0.29) is 0 Å². The fourth-order valence-electron chi connectivity index (χ4n) is 0.290. The van der Waals surface area contributed by atoms with Crippen molar-refractivity contribution in [1.82, 2.24) is 0 Å². The third-order valence-electron chi connectivity index (χ3n) is 0.542. The Kier molecular flexibility index (Phi) is 4.36. The smallest absolute Gasteiger partial charge is 0.0356 e. The van der Waals surface area contributed by atoms with E-state index < -0.39 is 0 Å². The van der Waals surface area contributed by atoms with Crippen molar-refractivity contribution in [2.75, 3.05) is 0 Å². The van der Waals surface area contributed by atoms with Crippen LogP contribution in [0.1, 0.15) is 6.92 Å². The van der Waals surface area contributed by atoms with E-state index in [1.165, 1.54) is 0 Å². The fourth-order valence-corrected chi connectivity index (χ4v) is 0.689. The van der Waals surface area contributed by atoms with Crippen molar-refractivity contribution in [2.45, 2.75) is 6.92 Å². The molecule has 0 radical (unpaired) electrons. The molecule has 0 rings (SSSR count). The van der Waals surface area contributed by atoms with Crippen molar-refractivity contribution in [3.05, 3.63) is 23.1 Å². The standard InChI is InChI=1S/C6H9NS/c1-4-8-6(2)5-7-3/h4-5H,1,3H2,2H3/b6-5-. The van der Waals surface area contributed by atoms with Gasteiger partial charge in [-0.2, -0.15) is 0 Å². The molecule has 0 amide bonds. The first-order valence-electron chi connectivity index (χ1n) is 2.21. The number of nitrogens with zero attached hydrogens (tertiary/aromatic N) is 1. The Morgan fingerprint density at radius 3 is 2.75 bits per heavy atom. The summed E-state index contributed by atoms with van der Waals surface area (Å²) in [5, 5.41) is 1.76. The Balaban J connectivity index is 3.60. The van der Waals surface area contributed by atoms with Crippen LogP contribution in [0.5, 0.6) is 0 Å². The molecule has 0 unspecified atom stereocenters. The van der Waals surface area contributed by atoms with Crippen LogP contribution in [-0.4, -0.2) is 6.72 Å². The molecule has 1 nitrogen and oxygen atoms in total. The average Bonchev–Trinajstić information content (AvgIpc) is 1.68. The molecule has 0 atom stereocenters. The molecule has 0 aromatic carbocycles. The van der Waals surface area contributed by atoms with E-state index in [0.717, 1.165) is 4.91 Å². The maximum Gasteiger partial charge on any atom is 0.0356 e. The zero-order valence-corrected chi connectivity index (χ0v) is 5.74. The first-order chi connectivity index (χ1) is 3.81. The van der Waals surface area contributed by atoms with Gasteiger partial charge in [0.05, 0.1) is 0 Å². The van der Waals surface area contributed by atoms with Gasteiger partial charge in [-0.05, 0) is 19.0 Å². The van der Waals surface area contributed by atoms with Crippen molar-refractivity contribution >= 4 is 18.5 Å². The topological polar surface area (TPSA) is 12.4 Å². The molecule has 0 aromatic rings. The highest BCUT2D eigenvalue weighted by atomic mass is 32.2. The predicted molar refractivity (Wildman–Crippen MR) is 41.1 cm³/mol. The molecule has 0 heterocycles. The number of aliphatic imine (C=N–C) groups is 1. The quantitative estimate of drug-likeness (QED) is 0.530. The molecule has 0 aliphatic rings. The van der Waals surface area contributed by atoms with Crippen LogP contribution in [-0.2, 0) is 0 Å². The highest BCUT2D eigenvalue weighted by molar-refractivity contribution is 8.05. The van der Waals surface area contributed by atoms with Crippen LogP contribution in [0.3, 0.4) is 0 Å². The minimum absolute atomic E-state index is 1.11. The fraction of sp³-hybridized carbons (Fsp3) is 0.167. The van der Waals surface area contributed by atoms with Crippen LogP contribution in [0.25, 0.3) is 0 Å². The van der Waals surface area contributed by atoms with Crippen molar-refractivity contribution in [3.8, 4) is 0 Å². The van der Waals surface area contributed by atoms with Gasteiger partial charge in [-0.25, -0.2) is 0 Å². The zero-order chi connectivity index (χ0) is 6.41. The largest absolute Gasteiger partial charge is 0.272 e. The van der Waals surface area contributed by atoms with Crippen molar-refractivity contribution < 1.29 is 0 Å². The summed E-state index contributed by atoms with van der Waals surface area (Å²) in [6, 6.07) is 0. The lowest BCUT2D eigenvalue weighted by atomic mass is 10.7. The van der Waals surface area contributed by atoms with Gasteiger partial charge in [-0.3, -0.25) is 4.99 Å². The molecule has 0 bridgehead atoms. The Labute approximate surface area is 54.2 Å². The van der Waals surface area contributed by atoms with Crippen LogP contribution in [0.4, 0.5) is 0 Å². The first-order valence-corrected chi connectivity index (χ1v) is 3.09. The number of hydrogen-bond donors (Lipinski definition) is 0. The van der Waals surface area contributed by atoms with E-state index in [2.05, 4.69) is 18.3 Å². The highest BCUT2D eigenvalue weighted by Gasteiger charge is 1.79. The maximum absolute atomic E-state index is 3.57. The van der Waals surface area contributed by atoms with E-state index in [4.69, 9.17) is 0 Å². The lowest BCUT2D eigenvalue weighted by molar-refractivity contribution is 1.53. The molecule has 0 fully saturated rings. The molecule has 0 aliphatic heterocycles. The van der Waals surface area contributed by atoms with E-state index in [1.54, 1.807) is 23.4 Å². The molecule has 0 N–H and O–H groups in total. The second-order valence-corrected chi connectivity index (χ2v) is 2.42. The minimum Gasteiger partial charge on any atom is -0.272 e. The summed E-state index contributed by atoms with van der Waals surface area (Å²) in [6.07, 6.45) is 1.70. The van der Waals surface area contributed by atoms with E-state index in [9.17, 15) is 0 Å². The monoisotopic (exact) mass is 127 g/mol. The number of hydrogen-bond acceptors (Lipinski definition) is 2. The molecular formula is C6H9NS. The molecular weight excluding hydrogens is 118 g/mol. The maximum atomic E-state index is 3.57. The number of thioether (sulfide) groups is 1. The summed E-state index contributed by atoms with van der Waals surface area (Å²) < 4.78 is 0. The second kappa shape index (κ2) is 4.65. The van der Waals surface area contributed by atoms with Gasteiger partial charge in [0, 0.05) is 11.1 Å². The van der Waals surface area contributed by atoms with Crippen molar-refractivity contribution in [2.24, 2.45) is 4.99 Å². The Hall–Kier alpha value is -0.500. The van der Waals surface area contributed by atoms with Gasteiger partial charge < -0.3 is 0 Å². The molecule has 8 heavy (non-hydrogen) atoms. The van der Waals surface area contributed by atoms with Crippen LogP contribution >= 0.6 is 11.8 Å². The Bertz CT molecular complexity index is 116. The summed E-state index contributed by atoms with van der Waals surface area (Å²) in [4.78, 5) is 4.68. The summed E-state index contributed by atoms with van der Waals surface area (Å²) >= 11 is 1.55. The van der Waals surface area contributed by atoms with Gasteiger partial charge in [0.25, 0.3) is 0 Å². The summed E-state index contributed by atoms with van der Waals surface area (Å²) in [6.45, 7) is 8.81. The van der Waals surface area contributed by atoms with Crippen LogP contribution in [0.2, 0.25) is 0 Å². The number of allylic oxidation sites excluding steroid dienone is 1. The molecule has 44 valence electrons. The van der Waals surface area contributed by atoms with E-state index in [1.807, 2.05) is 6.92 Å². The Morgan fingerprint density at radius 1 is 1.75 bits per heavy atom. The van der Waals surface area contributed by atoms with Gasteiger partial charge in [0.1, 0.15) is 0 Å². The van der Waals surface area contributed by atoms with Gasteiger partial charge in [0.15, 0.2) is 0 Å². The van der Waals surface area contributed by atoms with E-state index in [0.29, 0.717) is 0 Å². The molecule has 2 heteroatoms. The summed E-state index contributed by atoms with van der Waals surface area (Å²) in [5.74, 6) is 0. The third kappa shape index (κ3) is 3.68. The van der Waals surface area contributed by atoms with Gasteiger partial charge in [0.2, 0.25) is 0 Å². The SMILES string of the molecule is C=CS/C(C)=C\N=C. The normalized spacial score (nSPS) is 10.9. The Morgan fingerprint density at radius 2 is 2.38 bits per heavy atom. The van der Waals surface area contributed by atoms with E-state index >= 15 is 0 Å². The van der Waals surface area contributed by atoms with Gasteiger partial charge in [-0.15, -0.1) is 11.8 Å². The van der Waals surface area contributed by atoms with Gasteiger partial charge >= 0.3 is 0 Å². The molecule has 0 saturated carbocycles. The second-order valence-electron chi connectivity index (χ2n) is 1.21. The predicted octanol–water partition coefficient (Wildman–Crippen LogP) is 2.43. The van der Waals surface area contributed by atoms with Crippen LogP contribution in [0, 0.1) is 0 Å². The molecule has 0 spiro atoms. The molecule has 0 saturated heterocycles. The van der Waals surface area contributed by atoms with Crippen LogP contribution < -0.4 is 0 Å². The lowest BCUT2D eigenvalue weighted by Crippen LogP contribution is -1.58. The molecule has 0 aliphatic carbocycles. The summed E-state index contributed by atoms with van der Waals surface area (Å²) in [7, 11) is 0. The minimum atomic E-state index is 1.11.